The molecule has 0 unspecified atom stereocenters. The number of para-hydroxylation sites is 1. The van der Waals surface area contributed by atoms with Gasteiger partial charge in [0.2, 0.25) is 0 Å². The molecule has 1 N–H and O–H groups in total. The minimum atomic E-state index is -0.173. The first-order chi connectivity index (χ1) is 15.2. The van der Waals surface area contributed by atoms with Crippen LogP contribution in [0.1, 0.15) is 21.5 Å². The van der Waals surface area contributed by atoms with E-state index in [1.807, 2.05) is 61.5 Å². The minimum absolute atomic E-state index is 0.173. The fourth-order valence-corrected chi connectivity index (χ4v) is 3.48. The van der Waals surface area contributed by atoms with Crippen molar-refractivity contribution in [3.63, 3.8) is 0 Å². The minimum Gasteiger partial charge on any atom is -0.496 e. The summed E-state index contributed by atoms with van der Waals surface area (Å²) in [4.78, 5) is 17.3. The summed E-state index contributed by atoms with van der Waals surface area (Å²) in [6.45, 7) is 2.53. The predicted octanol–water partition coefficient (Wildman–Crippen LogP) is 4.22. The molecule has 31 heavy (non-hydrogen) atoms. The standard InChI is InChI=1S/C25H24N4O2/c1-18-10-11-23(31-2)19(15-18)12-14-27-25(30)22-17-29(21-8-4-3-5-9-21)28-24(22)20-7-6-13-26-16-20/h3-11,13,15-17H,12,14H2,1-2H3,(H,27,30). The summed E-state index contributed by atoms with van der Waals surface area (Å²) in [7, 11) is 1.66. The van der Waals surface area contributed by atoms with Crippen molar-refractivity contribution in [3.8, 4) is 22.7 Å². The summed E-state index contributed by atoms with van der Waals surface area (Å²) < 4.78 is 7.16. The van der Waals surface area contributed by atoms with E-state index in [-0.39, 0.29) is 5.91 Å². The number of nitrogens with one attached hydrogen (secondary N) is 1. The number of methoxy groups -OCH3 is 1. The number of aromatic nitrogens is 3. The number of nitrogens with zero attached hydrogens (tertiary/aromatic N) is 3. The van der Waals surface area contributed by atoms with Crippen LogP contribution in [0.5, 0.6) is 5.75 Å². The quantitative estimate of drug-likeness (QED) is 0.493. The third-order valence-electron chi connectivity index (χ3n) is 5.03. The molecule has 6 heteroatoms. The number of hydrogen-bond acceptors (Lipinski definition) is 4. The number of carbonyl (C=O) groups excluding carboxylic acids is 1. The van der Waals surface area contributed by atoms with Gasteiger partial charge in [0.05, 0.1) is 18.4 Å². The van der Waals surface area contributed by atoms with Crippen LogP contribution in [0.15, 0.2) is 79.3 Å². The first-order valence-corrected chi connectivity index (χ1v) is 10.1. The highest BCUT2D eigenvalue weighted by Gasteiger charge is 2.18. The number of benzene rings is 2. The number of ether oxygens (including phenoxy) is 1. The van der Waals surface area contributed by atoms with E-state index >= 15 is 0 Å². The van der Waals surface area contributed by atoms with Crippen molar-refractivity contribution in [1.29, 1.82) is 0 Å². The second-order valence-electron chi connectivity index (χ2n) is 7.23. The predicted molar refractivity (Wildman–Crippen MR) is 121 cm³/mol. The maximum Gasteiger partial charge on any atom is 0.255 e. The molecule has 0 saturated heterocycles. The van der Waals surface area contributed by atoms with Crippen molar-refractivity contribution in [2.75, 3.05) is 13.7 Å². The van der Waals surface area contributed by atoms with Crippen molar-refractivity contribution in [2.24, 2.45) is 0 Å². The van der Waals surface area contributed by atoms with Crippen molar-refractivity contribution in [1.82, 2.24) is 20.1 Å². The lowest BCUT2D eigenvalue weighted by Gasteiger charge is -2.10. The Morgan fingerprint density at radius 2 is 1.94 bits per heavy atom. The van der Waals surface area contributed by atoms with Crippen LogP contribution in [0.3, 0.4) is 0 Å². The van der Waals surface area contributed by atoms with E-state index in [4.69, 9.17) is 4.74 Å². The Hall–Kier alpha value is -3.93. The number of aryl methyl sites for hydroxylation is 1. The molecule has 2 aromatic carbocycles. The van der Waals surface area contributed by atoms with E-state index in [0.29, 0.717) is 24.2 Å². The van der Waals surface area contributed by atoms with Gasteiger partial charge in [-0.05, 0) is 49.2 Å². The zero-order valence-corrected chi connectivity index (χ0v) is 17.6. The first kappa shape index (κ1) is 20.3. The monoisotopic (exact) mass is 412 g/mol. The number of carbonyl (C=O) groups is 1. The van der Waals surface area contributed by atoms with Gasteiger partial charge in [-0.25, -0.2) is 4.68 Å². The molecule has 2 aromatic heterocycles. The van der Waals surface area contributed by atoms with Crippen LogP contribution in [0.2, 0.25) is 0 Å². The molecule has 4 rings (SSSR count). The van der Waals surface area contributed by atoms with Crippen molar-refractivity contribution in [3.05, 3.63) is 95.9 Å². The van der Waals surface area contributed by atoms with Gasteiger partial charge in [-0.15, -0.1) is 0 Å². The molecule has 0 spiro atoms. The van der Waals surface area contributed by atoms with Crippen molar-refractivity contribution < 1.29 is 9.53 Å². The summed E-state index contributed by atoms with van der Waals surface area (Å²) in [6.07, 6.45) is 5.85. The van der Waals surface area contributed by atoms with E-state index in [0.717, 1.165) is 28.1 Å². The average molecular weight is 412 g/mol. The number of hydrogen-bond donors (Lipinski definition) is 1. The zero-order valence-electron chi connectivity index (χ0n) is 17.6. The smallest absolute Gasteiger partial charge is 0.255 e. The topological polar surface area (TPSA) is 69.0 Å². The number of rotatable bonds is 7. The Morgan fingerprint density at radius 3 is 2.68 bits per heavy atom. The third-order valence-corrected chi connectivity index (χ3v) is 5.03. The highest BCUT2D eigenvalue weighted by atomic mass is 16.5. The molecule has 0 aliphatic carbocycles. The summed E-state index contributed by atoms with van der Waals surface area (Å²) >= 11 is 0. The highest BCUT2D eigenvalue weighted by molar-refractivity contribution is 5.99. The summed E-state index contributed by atoms with van der Waals surface area (Å²) in [5.74, 6) is 0.653. The van der Waals surface area contributed by atoms with Crippen LogP contribution in [0, 0.1) is 6.92 Å². The van der Waals surface area contributed by atoms with Crippen LogP contribution in [-0.4, -0.2) is 34.3 Å². The van der Waals surface area contributed by atoms with Gasteiger partial charge >= 0.3 is 0 Å². The zero-order chi connectivity index (χ0) is 21.6. The summed E-state index contributed by atoms with van der Waals surface area (Å²) in [5, 5.41) is 7.70. The lowest BCUT2D eigenvalue weighted by Crippen LogP contribution is -2.26. The van der Waals surface area contributed by atoms with E-state index in [1.165, 1.54) is 0 Å². The van der Waals surface area contributed by atoms with Crippen LogP contribution in [0.25, 0.3) is 16.9 Å². The fourth-order valence-electron chi connectivity index (χ4n) is 3.48. The van der Waals surface area contributed by atoms with Crippen LogP contribution >= 0.6 is 0 Å². The molecular weight excluding hydrogens is 388 g/mol. The Morgan fingerprint density at radius 1 is 1.10 bits per heavy atom. The van der Waals surface area contributed by atoms with Crippen LogP contribution in [0.4, 0.5) is 0 Å². The third kappa shape index (κ3) is 4.64. The second kappa shape index (κ2) is 9.26. The largest absolute Gasteiger partial charge is 0.496 e. The Balaban J connectivity index is 1.57. The van der Waals surface area contributed by atoms with Gasteiger partial charge in [0.15, 0.2) is 0 Å². The normalized spacial score (nSPS) is 10.6. The van der Waals surface area contributed by atoms with E-state index in [9.17, 15) is 4.79 Å². The summed E-state index contributed by atoms with van der Waals surface area (Å²) in [5.41, 5.74) is 5.01. The van der Waals surface area contributed by atoms with Gasteiger partial charge in [0.1, 0.15) is 11.4 Å². The molecule has 6 nitrogen and oxygen atoms in total. The number of amides is 1. The van der Waals surface area contributed by atoms with Gasteiger partial charge in [-0.3, -0.25) is 9.78 Å². The molecule has 156 valence electrons. The van der Waals surface area contributed by atoms with Gasteiger partial charge < -0.3 is 10.1 Å². The van der Waals surface area contributed by atoms with Crippen molar-refractivity contribution in [2.45, 2.75) is 13.3 Å². The Bertz CT molecular complexity index is 1170. The van der Waals surface area contributed by atoms with E-state index < -0.39 is 0 Å². The molecule has 0 saturated carbocycles. The molecule has 1 amide bonds. The maximum absolute atomic E-state index is 13.1. The lowest BCUT2D eigenvalue weighted by atomic mass is 10.1. The first-order valence-electron chi connectivity index (χ1n) is 10.1. The SMILES string of the molecule is COc1ccc(C)cc1CCNC(=O)c1cn(-c2ccccc2)nc1-c1cccnc1. The molecule has 0 fully saturated rings. The Labute approximate surface area is 181 Å². The highest BCUT2D eigenvalue weighted by Crippen LogP contribution is 2.23. The molecule has 0 aliphatic rings. The lowest BCUT2D eigenvalue weighted by molar-refractivity contribution is 0.0954. The van der Waals surface area contributed by atoms with E-state index in [2.05, 4.69) is 21.5 Å². The summed E-state index contributed by atoms with van der Waals surface area (Å²) in [6, 6.07) is 19.5. The van der Waals surface area contributed by atoms with Gasteiger partial charge in [-0.1, -0.05) is 35.9 Å². The molecule has 0 aliphatic heterocycles. The fraction of sp³-hybridized carbons (Fsp3) is 0.160. The molecule has 2 heterocycles. The van der Waals surface area contributed by atoms with Gasteiger partial charge in [0, 0.05) is 30.7 Å². The van der Waals surface area contributed by atoms with Crippen molar-refractivity contribution >= 4 is 5.91 Å². The molecule has 0 radical (unpaired) electrons. The van der Waals surface area contributed by atoms with Crippen LogP contribution in [-0.2, 0) is 6.42 Å². The van der Waals surface area contributed by atoms with Gasteiger partial charge in [0.25, 0.3) is 5.91 Å². The second-order valence-corrected chi connectivity index (χ2v) is 7.23. The maximum atomic E-state index is 13.1. The number of pyridine rings is 1. The molecular formula is C25H24N4O2. The van der Waals surface area contributed by atoms with Gasteiger partial charge in [-0.2, -0.15) is 5.10 Å². The van der Waals surface area contributed by atoms with E-state index in [1.54, 1.807) is 30.4 Å². The Kier molecular flexibility index (Phi) is 6.08. The molecule has 0 bridgehead atoms. The molecule has 0 atom stereocenters. The van der Waals surface area contributed by atoms with Crippen LogP contribution < -0.4 is 10.1 Å². The molecule has 4 aromatic rings. The average Bonchev–Trinajstić information content (AvgIpc) is 3.26.